The van der Waals surface area contributed by atoms with Crippen molar-refractivity contribution in [2.24, 2.45) is 4.99 Å². The molecule has 3 rings (SSSR count). The average Bonchev–Trinajstić information content (AvgIpc) is 3.28. The van der Waals surface area contributed by atoms with Crippen LogP contribution in [0.2, 0.25) is 0 Å². The van der Waals surface area contributed by atoms with E-state index in [2.05, 4.69) is 39.9 Å². The van der Waals surface area contributed by atoms with Gasteiger partial charge in [-0.3, -0.25) is 4.99 Å². The molecule has 7 nitrogen and oxygen atoms in total. The summed E-state index contributed by atoms with van der Waals surface area (Å²) in [6.07, 6.45) is 7.83. The van der Waals surface area contributed by atoms with Crippen molar-refractivity contribution >= 4 is 12.1 Å². The second-order valence-corrected chi connectivity index (χ2v) is 8.02. The summed E-state index contributed by atoms with van der Waals surface area (Å²) in [5.41, 5.74) is 1.28. The Balaban J connectivity index is 1.35. The van der Waals surface area contributed by atoms with Gasteiger partial charge in [0.15, 0.2) is 5.96 Å². The van der Waals surface area contributed by atoms with E-state index in [4.69, 9.17) is 9.47 Å². The number of ether oxygens (including phenoxy) is 2. The zero-order chi connectivity index (χ0) is 21.2. The van der Waals surface area contributed by atoms with Crippen LogP contribution in [0.3, 0.4) is 0 Å². The van der Waals surface area contributed by atoms with Gasteiger partial charge in [0.05, 0.1) is 12.7 Å². The maximum absolute atomic E-state index is 11.8. The number of aliphatic imine (C=N–C) groups is 1. The van der Waals surface area contributed by atoms with E-state index in [-0.39, 0.29) is 6.09 Å². The van der Waals surface area contributed by atoms with E-state index < -0.39 is 0 Å². The highest BCUT2D eigenvalue weighted by Crippen LogP contribution is 2.24. The van der Waals surface area contributed by atoms with Crippen LogP contribution in [0.1, 0.15) is 51.0 Å². The monoisotopic (exact) mass is 416 g/mol. The van der Waals surface area contributed by atoms with Crippen LogP contribution in [-0.4, -0.2) is 62.4 Å². The van der Waals surface area contributed by atoms with Gasteiger partial charge in [0.2, 0.25) is 0 Å². The van der Waals surface area contributed by atoms with Crippen molar-refractivity contribution in [1.29, 1.82) is 0 Å². The van der Waals surface area contributed by atoms with Crippen LogP contribution in [0.25, 0.3) is 0 Å². The molecule has 1 amide bonds. The number of piperidine rings is 1. The molecule has 30 heavy (non-hydrogen) atoms. The van der Waals surface area contributed by atoms with Crippen molar-refractivity contribution in [3.63, 3.8) is 0 Å². The lowest BCUT2D eigenvalue weighted by Crippen LogP contribution is -2.50. The van der Waals surface area contributed by atoms with Crippen molar-refractivity contribution < 1.29 is 14.3 Å². The Morgan fingerprint density at radius 2 is 1.83 bits per heavy atom. The SMILES string of the molecule is CCOC(=O)N1CCC(NC(=NC)NCCc2ccc(OC3CCCC3)cc2)CC1. The van der Waals surface area contributed by atoms with E-state index in [0.29, 0.717) is 31.8 Å². The first-order valence-corrected chi connectivity index (χ1v) is 11.3. The highest BCUT2D eigenvalue weighted by molar-refractivity contribution is 5.80. The number of likely N-dealkylation sites (tertiary alicyclic amines) is 1. The molecule has 2 fully saturated rings. The van der Waals surface area contributed by atoms with Crippen molar-refractivity contribution in [2.45, 2.75) is 64.0 Å². The average molecular weight is 417 g/mol. The Morgan fingerprint density at radius 3 is 2.47 bits per heavy atom. The van der Waals surface area contributed by atoms with E-state index in [1.807, 2.05) is 6.92 Å². The lowest BCUT2D eigenvalue weighted by atomic mass is 10.1. The predicted octanol–water partition coefficient (Wildman–Crippen LogP) is 3.34. The van der Waals surface area contributed by atoms with Crippen LogP contribution in [0.5, 0.6) is 5.75 Å². The Morgan fingerprint density at radius 1 is 1.13 bits per heavy atom. The molecule has 166 valence electrons. The highest BCUT2D eigenvalue weighted by Gasteiger charge is 2.24. The number of guanidine groups is 1. The number of nitrogens with one attached hydrogen (secondary N) is 2. The van der Waals surface area contributed by atoms with Gasteiger partial charge in [-0.15, -0.1) is 0 Å². The van der Waals surface area contributed by atoms with E-state index in [9.17, 15) is 4.79 Å². The molecule has 0 atom stereocenters. The highest BCUT2D eigenvalue weighted by atomic mass is 16.6. The molecule has 0 radical (unpaired) electrons. The number of benzene rings is 1. The van der Waals surface area contributed by atoms with Crippen molar-refractivity contribution in [1.82, 2.24) is 15.5 Å². The molecule has 1 aliphatic carbocycles. The summed E-state index contributed by atoms with van der Waals surface area (Å²) in [4.78, 5) is 17.9. The van der Waals surface area contributed by atoms with Crippen LogP contribution in [0, 0.1) is 0 Å². The number of amides is 1. The summed E-state index contributed by atoms with van der Waals surface area (Å²) < 4.78 is 11.1. The van der Waals surface area contributed by atoms with E-state index in [1.54, 1.807) is 11.9 Å². The number of hydrogen-bond donors (Lipinski definition) is 2. The van der Waals surface area contributed by atoms with E-state index in [0.717, 1.165) is 37.5 Å². The molecule has 1 saturated carbocycles. The van der Waals surface area contributed by atoms with Gasteiger partial charge in [-0.2, -0.15) is 0 Å². The number of hydrogen-bond acceptors (Lipinski definition) is 4. The minimum absolute atomic E-state index is 0.210. The van der Waals surface area contributed by atoms with Crippen LogP contribution in [0.4, 0.5) is 4.79 Å². The lowest BCUT2D eigenvalue weighted by Gasteiger charge is -2.32. The molecule has 0 spiro atoms. The Bertz CT molecular complexity index is 678. The summed E-state index contributed by atoms with van der Waals surface area (Å²) in [6.45, 7) is 4.49. The first-order chi connectivity index (χ1) is 14.7. The van der Waals surface area contributed by atoms with Crippen LogP contribution in [-0.2, 0) is 11.2 Å². The predicted molar refractivity (Wildman–Crippen MR) is 119 cm³/mol. The summed E-state index contributed by atoms with van der Waals surface area (Å²) >= 11 is 0. The number of carbonyl (C=O) groups is 1. The molecule has 1 heterocycles. The molecular weight excluding hydrogens is 380 g/mol. The largest absolute Gasteiger partial charge is 0.490 e. The molecule has 0 aromatic heterocycles. The van der Waals surface area contributed by atoms with Crippen molar-refractivity contribution in [2.75, 3.05) is 33.3 Å². The van der Waals surface area contributed by atoms with Crippen LogP contribution in [0.15, 0.2) is 29.3 Å². The standard InChI is InChI=1S/C23H36N4O3/c1-3-29-23(28)27-16-13-19(14-17-27)26-22(24-2)25-15-12-18-8-10-21(11-9-18)30-20-6-4-5-7-20/h8-11,19-20H,3-7,12-17H2,1-2H3,(H2,24,25,26). The van der Waals surface area contributed by atoms with Gasteiger partial charge in [-0.05, 0) is 69.6 Å². The minimum Gasteiger partial charge on any atom is -0.490 e. The van der Waals surface area contributed by atoms with Gasteiger partial charge in [-0.1, -0.05) is 12.1 Å². The molecule has 2 aliphatic rings. The van der Waals surface area contributed by atoms with Crippen LogP contribution >= 0.6 is 0 Å². The first kappa shape index (κ1) is 22.2. The summed E-state index contributed by atoms with van der Waals surface area (Å²) in [5.74, 6) is 1.79. The molecular formula is C23H36N4O3. The minimum atomic E-state index is -0.210. The van der Waals surface area contributed by atoms with Crippen molar-refractivity contribution in [3.05, 3.63) is 29.8 Å². The smallest absolute Gasteiger partial charge is 0.409 e. The number of nitrogens with zero attached hydrogens (tertiary/aromatic N) is 2. The molecule has 0 bridgehead atoms. The summed E-state index contributed by atoms with van der Waals surface area (Å²) in [6, 6.07) is 8.77. The van der Waals surface area contributed by atoms with E-state index >= 15 is 0 Å². The number of rotatable bonds is 7. The molecule has 2 N–H and O–H groups in total. The topological polar surface area (TPSA) is 75.2 Å². The molecule has 7 heteroatoms. The third-order valence-electron chi connectivity index (χ3n) is 5.82. The third-order valence-corrected chi connectivity index (χ3v) is 5.82. The van der Waals surface area contributed by atoms with Gasteiger partial charge >= 0.3 is 6.09 Å². The zero-order valence-electron chi connectivity index (χ0n) is 18.4. The molecule has 1 saturated heterocycles. The summed E-state index contributed by atoms with van der Waals surface area (Å²) in [5, 5.41) is 6.87. The van der Waals surface area contributed by atoms with Gasteiger partial charge in [-0.25, -0.2) is 4.79 Å². The fourth-order valence-corrected chi connectivity index (χ4v) is 4.07. The second-order valence-electron chi connectivity index (χ2n) is 8.02. The molecule has 1 aromatic rings. The molecule has 1 aliphatic heterocycles. The third kappa shape index (κ3) is 6.82. The van der Waals surface area contributed by atoms with Gasteiger partial charge in [0.25, 0.3) is 0 Å². The quantitative estimate of drug-likeness (QED) is 0.527. The van der Waals surface area contributed by atoms with E-state index in [1.165, 1.54) is 31.2 Å². The number of carbonyl (C=O) groups excluding carboxylic acids is 1. The Hall–Kier alpha value is -2.44. The Kier molecular flexibility index (Phi) is 8.66. The fraction of sp³-hybridized carbons (Fsp3) is 0.652. The fourth-order valence-electron chi connectivity index (χ4n) is 4.07. The van der Waals surface area contributed by atoms with Crippen molar-refractivity contribution in [3.8, 4) is 5.75 Å². The normalized spacial score (nSPS) is 18.3. The maximum Gasteiger partial charge on any atom is 0.409 e. The zero-order valence-corrected chi connectivity index (χ0v) is 18.4. The second kappa shape index (κ2) is 11.7. The first-order valence-electron chi connectivity index (χ1n) is 11.3. The Labute approximate surface area is 180 Å². The lowest BCUT2D eigenvalue weighted by molar-refractivity contribution is 0.0963. The summed E-state index contributed by atoms with van der Waals surface area (Å²) in [7, 11) is 1.79. The van der Waals surface area contributed by atoms with Crippen LogP contribution < -0.4 is 15.4 Å². The van der Waals surface area contributed by atoms with Gasteiger partial charge < -0.3 is 25.0 Å². The maximum atomic E-state index is 11.8. The molecule has 1 aromatic carbocycles. The molecule has 0 unspecified atom stereocenters. The van der Waals surface area contributed by atoms with Gasteiger partial charge in [0.1, 0.15) is 5.75 Å². The van der Waals surface area contributed by atoms with Gasteiger partial charge in [0, 0.05) is 32.7 Å².